The Bertz CT molecular complexity index is 680. The molecule has 0 bridgehead atoms. The van der Waals surface area contributed by atoms with E-state index >= 15 is 0 Å². The van der Waals surface area contributed by atoms with E-state index in [1.165, 1.54) is 0 Å². The Morgan fingerprint density at radius 2 is 1.86 bits per heavy atom. The van der Waals surface area contributed by atoms with Crippen LogP contribution >= 0.6 is 12.2 Å². The maximum Gasteiger partial charge on any atom is 0.258 e. The predicted octanol–water partition coefficient (Wildman–Crippen LogP) is 3.49. The summed E-state index contributed by atoms with van der Waals surface area (Å²) in [5.41, 5.74) is 9.27. The molecule has 2 N–H and O–H groups in total. The van der Waals surface area contributed by atoms with Crippen LogP contribution in [0.5, 0.6) is 0 Å². The highest BCUT2D eigenvalue weighted by Crippen LogP contribution is 2.19. The number of hydrogen-bond donors (Lipinski definition) is 1. The van der Waals surface area contributed by atoms with Crippen LogP contribution in [0.1, 0.15) is 28.4 Å². The molecule has 2 aromatic rings. The number of nitrogens with zero attached hydrogens (tertiary/aromatic N) is 1. The summed E-state index contributed by atoms with van der Waals surface area (Å²) in [4.78, 5) is 14.9. The molecule has 0 fully saturated rings. The van der Waals surface area contributed by atoms with Gasteiger partial charge >= 0.3 is 0 Å². The van der Waals surface area contributed by atoms with Crippen molar-refractivity contribution in [1.29, 1.82) is 0 Å². The third-order valence-corrected chi connectivity index (χ3v) is 3.60. The fourth-order valence-corrected chi connectivity index (χ4v) is 2.53. The van der Waals surface area contributed by atoms with E-state index in [4.69, 9.17) is 18.0 Å². The number of anilines is 1. The van der Waals surface area contributed by atoms with E-state index in [0.29, 0.717) is 23.5 Å². The number of hydrogen-bond acceptors (Lipinski definition) is 2. The van der Waals surface area contributed by atoms with Gasteiger partial charge in [-0.3, -0.25) is 4.79 Å². The maximum atomic E-state index is 12.7. The van der Waals surface area contributed by atoms with E-state index in [1.807, 2.05) is 62.4 Å². The molecule has 0 aliphatic carbocycles. The van der Waals surface area contributed by atoms with Crippen LogP contribution in [0, 0.1) is 6.92 Å². The van der Waals surface area contributed by atoms with Gasteiger partial charge < -0.3 is 10.6 Å². The van der Waals surface area contributed by atoms with Gasteiger partial charge in [0.25, 0.3) is 5.91 Å². The zero-order valence-electron chi connectivity index (χ0n) is 12.9. The van der Waals surface area contributed by atoms with Crippen molar-refractivity contribution in [2.24, 2.45) is 5.73 Å². The lowest BCUT2D eigenvalue weighted by molar-refractivity contribution is 0.0988. The van der Waals surface area contributed by atoms with Crippen molar-refractivity contribution >= 4 is 28.8 Å². The number of nitrogens with two attached hydrogens (primary N) is 1. The molecule has 3 nitrogen and oxygen atoms in total. The fraction of sp³-hybridized carbons (Fsp3) is 0.222. The molecule has 0 saturated carbocycles. The third kappa shape index (κ3) is 3.92. The van der Waals surface area contributed by atoms with Crippen molar-refractivity contribution in [2.75, 3.05) is 11.4 Å². The summed E-state index contributed by atoms with van der Waals surface area (Å²) in [6, 6.07) is 15.4. The van der Waals surface area contributed by atoms with Crippen molar-refractivity contribution in [3.05, 3.63) is 65.2 Å². The van der Waals surface area contributed by atoms with Gasteiger partial charge in [0.1, 0.15) is 0 Å². The summed E-state index contributed by atoms with van der Waals surface area (Å²) in [7, 11) is 0. The molecule has 0 spiro atoms. The van der Waals surface area contributed by atoms with E-state index < -0.39 is 0 Å². The molecule has 22 heavy (non-hydrogen) atoms. The van der Waals surface area contributed by atoms with Crippen molar-refractivity contribution in [1.82, 2.24) is 0 Å². The van der Waals surface area contributed by atoms with Gasteiger partial charge in [0.2, 0.25) is 0 Å². The first-order valence-corrected chi connectivity index (χ1v) is 7.68. The van der Waals surface area contributed by atoms with Gasteiger partial charge in [0.05, 0.1) is 4.99 Å². The van der Waals surface area contributed by atoms with Crippen LogP contribution in [-0.2, 0) is 6.42 Å². The first kappa shape index (κ1) is 16.2. The van der Waals surface area contributed by atoms with Crippen LogP contribution in [-0.4, -0.2) is 17.4 Å². The molecular weight excluding hydrogens is 292 g/mol. The number of benzene rings is 2. The number of rotatable bonds is 5. The lowest BCUT2D eigenvalue weighted by atomic mass is 10.1. The molecule has 2 rings (SSSR count). The molecule has 0 heterocycles. The predicted molar refractivity (Wildman–Crippen MR) is 95.5 cm³/mol. The standard InChI is InChI=1S/C18H20N2OS/c1-3-20(16-6-4-5-13(2)11-16)18(21)15-9-7-14(8-10-15)12-17(19)22/h4-11H,3,12H2,1-2H3,(H2,19,22). The van der Waals surface area contributed by atoms with Crippen LogP contribution < -0.4 is 10.6 Å². The van der Waals surface area contributed by atoms with Crippen molar-refractivity contribution < 1.29 is 4.79 Å². The first-order chi connectivity index (χ1) is 10.5. The van der Waals surface area contributed by atoms with Crippen LogP contribution in [0.15, 0.2) is 48.5 Å². The van der Waals surface area contributed by atoms with Gasteiger partial charge in [-0.25, -0.2) is 0 Å². The summed E-state index contributed by atoms with van der Waals surface area (Å²) in [6.45, 7) is 4.62. The Labute approximate surface area is 136 Å². The second-order valence-electron chi connectivity index (χ2n) is 5.23. The smallest absolute Gasteiger partial charge is 0.258 e. The average molecular weight is 312 g/mol. The second-order valence-corrected chi connectivity index (χ2v) is 5.75. The highest BCUT2D eigenvalue weighted by molar-refractivity contribution is 7.80. The number of carbonyl (C=O) groups is 1. The Balaban J connectivity index is 2.23. The Morgan fingerprint density at radius 1 is 1.18 bits per heavy atom. The zero-order valence-corrected chi connectivity index (χ0v) is 13.7. The molecule has 1 amide bonds. The minimum absolute atomic E-state index is 0.00465. The number of thiocarbonyl (C=S) groups is 1. The molecule has 0 aliphatic rings. The van der Waals surface area contributed by atoms with Gasteiger partial charge in [0.15, 0.2) is 0 Å². The van der Waals surface area contributed by atoms with Crippen LogP contribution in [0.2, 0.25) is 0 Å². The van der Waals surface area contributed by atoms with Crippen molar-refractivity contribution in [3.8, 4) is 0 Å². The second kappa shape index (κ2) is 7.18. The number of aryl methyl sites for hydroxylation is 1. The van der Waals surface area contributed by atoms with Gasteiger partial charge in [-0.15, -0.1) is 0 Å². The number of carbonyl (C=O) groups excluding carboxylic acids is 1. The minimum atomic E-state index is -0.00465. The van der Waals surface area contributed by atoms with Crippen LogP contribution in [0.3, 0.4) is 0 Å². The van der Waals surface area contributed by atoms with E-state index in [1.54, 1.807) is 4.90 Å². The average Bonchev–Trinajstić information content (AvgIpc) is 2.48. The van der Waals surface area contributed by atoms with E-state index in [0.717, 1.165) is 16.8 Å². The van der Waals surface area contributed by atoms with E-state index in [2.05, 4.69) is 0 Å². The Morgan fingerprint density at radius 3 is 2.41 bits per heavy atom. The molecule has 0 atom stereocenters. The van der Waals surface area contributed by atoms with Gasteiger partial charge in [0, 0.05) is 24.2 Å². The molecule has 0 saturated heterocycles. The summed E-state index contributed by atoms with van der Waals surface area (Å²) in [6.07, 6.45) is 0.555. The molecule has 4 heteroatoms. The molecule has 0 aromatic heterocycles. The summed E-state index contributed by atoms with van der Waals surface area (Å²) in [5.74, 6) is -0.00465. The molecule has 0 aliphatic heterocycles. The first-order valence-electron chi connectivity index (χ1n) is 7.27. The highest BCUT2D eigenvalue weighted by Gasteiger charge is 2.16. The van der Waals surface area contributed by atoms with Crippen molar-refractivity contribution in [3.63, 3.8) is 0 Å². The third-order valence-electron chi connectivity index (χ3n) is 3.45. The zero-order chi connectivity index (χ0) is 16.1. The summed E-state index contributed by atoms with van der Waals surface area (Å²) >= 11 is 4.90. The van der Waals surface area contributed by atoms with Gasteiger partial charge in [-0.2, -0.15) is 0 Å². The van der Waals surface area contributed by atoms with Crippen LogP contribution in [0.4, 0.5) is 5.69 Å². The normalized spacial score (nSPS) is 10.3. The van der Waals surface area contributed by atoms with Crippen LogP contribution in [0.25, 0.3) is 0 Å². The number of amides is 1. The molecule has 114 valence electrons. The SMILES string of the molecule is CCN(C(=O)c1ccc(CC(N)=S)cc1)c1cccc(C)c1. The molecule has 2 aromatic carbocycles. The van der Waals surface area contributed by atoms with E-state index in [9.17, 15) is 4.79 Å². The lowest BCUT2D eigenvalue weighted by Crippen LogP contribution is -2.30. The molecule has 0 unspecified atom stereocenters. The Hall–Kier alpha value is -2.20. The Kier molecular flexibility index (Phi) is 5.28. The lowest BCUT2D eigenvalue weighted by Gasteiger charge is -2.21. The molecular formula is C18H20N2OS. The maximum absolute atomic E-state index is 12.7. The monoisotopic (exact) mass is 312 g/mol. The largest absolute Gasteiger partial charge is 0.393 e. The fourth-order valence-electron chi connectivity index (χ4n) is 2.36. The van der Waals surface area contributed by atoms with E-state index in [-0.39, 0.29) is 5.91 Å². The highest BCUT2D eigenvalue weighted by atomic mass is 32.1. The molecule has 0 radical (unpaired) electrons. The quantitative estimate of drug-likeness (QED) is 0.860. The van der Waals surface area contributed by atoms with Crippen molar-refractivity contribution in [2.45, 2.75) is 20.3 Å². The van der Waals surface area contributed by atoms with Gasteiger partial charge in [-0.1, -0.05) is 36.5 Å². The van der Waals surface area contributed by atoms with Gasteiger partial charge in [-0.05, 0) is 49.2 Å². The minimum Gasteiger partial charge on any atom is -0.393 e. The summed E-state index contributed by atoms with van der Waals surface area (Å²) in [5, 5.41) is 0. The summed E-state index contributed by atoms with van der Waals surface area (Å²) < 4.78 is 0. The topological polar surface area (TPSA) is 46.3 Å².